The first-order valence-electron chi connectivity index (χ1n) is 8.48. The number of benzene rings is 1. The molecule has 0 saturated heterocycles. The third kappa shape index (κ3) is 7.48. The smallest absolute Gasteiger partial charge is 0.340 e. The zero-order valence-corrected chi connectivity index (χ0v) is 15.9. The van der Waals surface area contributed by atoms with Crippen molar-refractivity contribution < 1.29 is 23.8 Å². The predicted octanol–water partition coefficient (Wildman–Crippen LogP) is 1.80. The number of esters is 1. The number of hydrogen-bond donors (Lipinski definition) is 1. The van der Waals surface area contributed by atoms with Gasteiger partial charge in [0, 0.05) is 33.5 Å². The van der Waals surface area contributed by atoms with Gasteiger partial charge in [0.05, 0.1) is 31.1 Å². The standard InChI is InChI=1S/C19H25N3O5/c1-4-27-19(24)16-7-5-6-8-17(16)21-18(23)15(13-20)14-22(9-11-25-2)10-12-26-3/h5-8,14H,4,9-12H2,1-3H3,(H,21,23)/b15-14-. The lowest BCUT2D eigenvalue weighted by molar-refractivity contribution is -0.112. The van der Waals surface area contributed by atoms with Gasteiger partial charge in [0.1, 0.15) is 11.6 Å². The number of amides is 1. The number of carbonyl (C=O) groups excluding carboxylic acids is 2. The zero-order chi connectivity index (χ0) is 20.1. The normalized spacial score (nSPS) is 10.8. The molecule has 0 aromatic heterocycles. The highest BCUT2D eigenvalue weighted by Gasteiger charge is 2.17. The Balaban J connectivity index is 2.98. The van der Waals surface area contributed by atoms with Gasteiger partial charge in [-0.2, -0.15) is 5.26 Å². The molecule has 0 heterocycles. The van der Waals surface area contributed by atoms with E-state index in [0.717, 1.165) is 0 Å². The van der Waals surface area contributed by atoms with Gasteiger partial charge in [-0.1, -0.05) is 12.1 Å². The van der Waals surface area contributed by atoms with Gasteiger partial charge in [-0.3, -0.25) is 4.79 Å². The van der Waals surface area contributed by atoms with E-state index in [2.05, 4.69) is 5.32 Å². The van der Waals surface area contributed by atoms with Crippen LogP contribution >= 0.6 is 0 Å². The van der Waals surface area contributed by atoms with Crippen LogP contribution in [0.15, 0.2) is 36.0 Å². The molecular formula is C19H25N3O5. The number of nitrogens with zero attached hydrogens (tertiary/aromatic N) is 2. The van der Waals surface area contributed by atoms with Crippen LogP contribution in [0.4, 0.5) is 5.69 Å². The van der Waals surface area contributed by atoms with Gasteiger partial charge in [-0.15, -0.1) is 0 Å². The van der Waals surface area contributed by atoms with Crippen LogP contribution in [0.25, 0.3) is 0 Å². The van der Waals surface area contributed by atoms with Gasteiger partial charge < -0.3 is 24.4 Å². The van der Waals surface area contributed by atoms with Crippen LogP contribution in [0, 0.1) is 11.3 Å². The zero-order valence-electron chi connectivity index (χ0n) is 15.9. The summed E-state index contributed by atoms with van der Waals surface area (Å²) in [7, 11) is 3.14. The number of para-hydroxylation sites is 1. The van der Waals surface area contributed by atoms with Crippen LogP contribution in [0.3, 0.4) is 0 Å². The Hall–Kier alpha value is -2.89. The van der Waals surface area contributed by atoms with E-state index in [4.69, 9.17) is 14.2 Å². The molecule has 0 spiro atoms. The molecular weight excluding hydrogens is 350 g/mol. The first-order valence-corrected chi connectivity index (χ1v) is 8.48. The van der Waals surface area contributed by atoms with Crippen molar-refractivity contribution in [1.29, 1.82) is 5.26 Å². The molecule has 0 radical (unpaired) electrons. The number of nitriles is 1. The summed E-state index contributed by atoms with van der Waals surface area (Å²) in [4.78, 5) is 26.3. The maximum absolute atomic E-state index is 12.5. The fourth-order valence-corrected chi connectivity index (χ4v) is 2.15. The number of anilines is 1. The topological polar surface area (TPSA) is 101 Å². The molecule has 8 heteroatoms. The molecule has 0 unspecified atom stereocenters. The summed E-state index contributed by atoms with van der Waals surface area (Å²) >= 11 is 0. The highest BCUT2D eigenvalue weighted by molar-refractivity contribution is 6.09. The van der Waals surface area contributed by atoms with Crippen molar-refractivity contribution in [3.63, 3.8) is 0 Å². The predicted molar refractivity (Wildman–Crippen MR) is 100 cm³/mol. The maximum Gasteiger partial charge on any atom is 0.340 e. The van der Waals surface area contributed by atoms with Crippen LogP contribution in [0.2, 0.25) is 0 Å². The van der Waals surface area contributed by atoms with Crippen molar-refractivity contribution >= 4 is 17.6 Å². The monoisotopic (exact) mass is 375 g/mol. The second-order valence-corrected chi connectivity index (χ2v) is 5.40. The third-order valence-corrected chi connectivity index (χ3v) is 3.51. The Bertz CT molecular complexity index is 689. The molecule has 0 saturated carbocycles. The average molecular weight is 375 g/mol. The first kappa shape index (κ1) is 22.2. The highest BCUT2D eigenvalue weighted by atomic mass is 16.5. The lowest BCUT2D eigenvalue weighted by Crippen LogP contribution is -2.28. The Morgan fingerprint density at radius 2 is 1.81 bits per heavy atom. The van der Waals surface area contributed by atoms with E-state index in [-0.39, 0.29) is 23.4 Å². The van der Waals surface area contributed by atoms with E-state index < -0.39 is 11.9 Å². The van der Waals surface area contributed by atoms with Gasteiger partial charge in [0.15, 0.2) is 0 Å². The van der Waals surface area contributed by atoms with Crippen LogP contribution in [-0.2, 0) is 19.0 Å². The minimum Gasteiger partial charge on any atom is -0.462 e. The molecule has 1 aromatic carbocycles. The number of ether oxygens (including phenoxy) is 3. The first-order chi connectivity index (χ1) is 13.1. The van der Waals surface area contributed by atoms with Crippen molar-refractivity contribution in [2.24, 2.45) is 0 Å². The van der Waals surface area contributed by atoms with Gasteiger partial charge in [0.2, 0.25) is 0 Å². The molecule has 27 heavy (non-hydrogen) atoms. The molecule has 1 N–H and O–H groups in total. The number of hydrogen-bond acceptors (Lipinski definition) is 7. The summed E-state index contributed by atoms with van der Waals surface area (Å²) in [6.07, 6.45) is 1.46. The van der Waals surface area contributed by atoms with Crippen LogP contribution in [0.1, 0.15) is 17.3 Å². The van der Waals surface area contributed by atoms with Gasteiger partial charge >= 0.3 is 5.97 Å². The van der Waals surface area contributed by atoms with Gasteiger partial charge in [-0.25, -0.2) is 4.79 Å². The summed E-state index contributed by atoms with van der Waals surface area (Å²) in [5.41, 5.74) is 0.406. The Morgan fingerprint density at radius 3 is 2.37 bits per heavy atom. The molecule has 146 valence electrons. The number of carbonyl (C=O) groups is 2. The molecule has 0 bridgehead atoms. The fourth-order valence-electron chi connectivity index (χ4n) is 2.15. The molecule has 1 aromatic rings. The molecule has 0 atom stereocenters. The Morgan fingerprint density at radius 1 is 1.19 bits per heavy atom. The lowest BCUT2D eigenvalue weighted by atomic mass is 10.1. The number of rotatable bonds is 11. The second-order valence-electron chi connectivity index (χ2n) is 5.40. The van der Waals surface area contributed by atoms with Crippen molar-refractivity contribution in [3.8, 4) is 6.07 Å². The fraction of sp³-hybridized carbons (Fsp3) is 0.421. The van der Waals surface area contributed by atoms with E-state index in [1.807, 2.05) is 6.07 Å². The average Bonchev–Trinajstić information content (AvgIpc) is 2.67. The maximum atomic E-state index is 12.5. The third-order valence-electron chi connectivity index (χ3n) is 3.51. The number of nitrogens with one attached hydrogen (secondary N) is 1. The molecule has 1 amide bonds. The molecule has 0 aliphatic heterocycles. The SMILES string of the molecule is CCOC(=O)c1ccccc1NC(=O)/C(C#N)=C\N(CCOC)CCOC. The van der Waals surface area contributed by atoms with Crippen molar-refractivity contribution in [1.82, 2.24) is 4.90 Å². The highest BCUT2D eigenvalue weighted by Crippen LogP contribution is 2.17. The lowest BCUT2D eigenvalue weighted by Gasteiger charge is -2.20. The molecule has 1 rings (SSSR count). The van der Waals surface area contributed by atoms with E-state index >= 15 is 0 Å². The number of methoxy groups -OCH3 is 2. The summed E-state index contributed by atoms with van der Waals surface area (Å²) < 4.78 is 15.1. The van der Waals surface area contributed by atoms with E-state index in [9.17, 15) is 14.9 Å². The Kier molecular flexibility index (Phi) is 10.2. The van der Waals surface area contributed by atoms with Crippen molar-refractivity contribution in [3.05, 3.63) is 41.6 Å². The summed E-state index contributed by atoms with van der Waals surface area (Å²) in [6, 6.07) is 8.36. The van der Waals surface area contributed by atoms with Gasteiger partial charge in [-0.05, 0) is 19.1 Å². The van der Waals surface area contributed by atoms with E-state index in [1.165, 1.54) is 6.20 Å². The van der Waals surface area contributed by atoms with Crippen LogP contribution in [-0.4, -0.2) is 63.9 Å². The summed E-state index contributed by atoms with van der Waals surface area (Å²) in [5, 5.41) is 12.0. The summed E-state index contributed by atoms with van der Waals surface area (Å²) in [6.45, 7) is 3.79. The second kappa shape index (κ2) is 12.5. The van der Waals surface area contributed by atoms with Crippen molar-refractivity contribution in [2.75, 3.05) is 52.4 Å². The molecule has 0 aliphatic rings. The van der Waals surface area contributed by atoms with Crippen LogP contribution in [0.5, 0.6) is 0 Å². The van der Waals surface area contributed by atoms with Gasteiger partial charge in [0.25, 0.3) is 5.91 Å². The summed E-state index contributed by atoms with van der Waals surface area (Å²) in [5.74, 6) is -1.16. The molecule has 0 fully saturated rings. The quantitative estimate of drug-likeness (QED) is 0.357. The minimum atomic E-state index is -0.617. The van der Waals surface area contributed by atoms with Crippen molar-refractivity contribution in [2.45, 2.75) is 6.92 Å². The van der Waals surface area contributed by atoms with E-state index in [0.29, 0.717) is 26.3 Å². The molecule has 8 nitrogen and oxygen atoms in total. The largest absolute Gasteiger partial charge is 0.462 e. The minimum absolute atomic E-state index is 0.0964. The molecule has 0 aliphatic carbocycles. The van der Waals surface area contributed by atoms with E-state index in [1.54, 1.807) is 50.3 Å². The van der Waals surface area contributed by atoms with Crippen LogP contribution < -0.4 is 5.32 Å². The Labute approximate surface area is 159 Å².